The number of hydrogen-bond donors (Lipinski definition) is 0. The number of hydrogen-bond acceptors (Lipinski definition) is 2. The first-order valence-electron chi connectivity index (χ1n) is 6.36. The molecule has 0 unspecified atom stereocenters. The zero-order valence-electron chi connectivity index (χ0n) is 11.4. The van der Waals surface area contributed by atoms with Gasteiger partial charge in [-0.15, -0.1) is 0 Å². The second-order valence-electron chi connectivity index (χ2n) is 4.47. The van der Waals surface area contributed by atoms with E-state index in [2.05, 4.69) is 4.98 Å². The zero-order chi connectivity index (χ0) is 16.3. The summed E-state index contributed by atoms with van der Waals surface area (Å²) in [7, 11) is 0. The molecular formula is C13H15F6NO. The fraction of sp³-hybridized carbons (Fsp3) is 0.615. The third kappa shape index (κ3) is 4.50. The van der Waals surface area contributed by atoms with E-state index in [1.54, 1.807) is 13.8 Å². The van der Waals surface area contributed by atoms with Crippen LogP contribution in [0.3, 0.4) is 0 Å². The lowest BCUT2D eigenvalue weighted by atomic mass is 9.99. The van der Waals surface area contributed by atoms with Crippen molar-refractivity contribution < 1.29 is 31.1 Å². The Labute approximate surface area is 118 Å². The molecule has 1 aromatic rings. The van der Waals surface area contributed by atoms with E-state index in [1.807, 2.05) is 0 Å². The summed E-state index contributed by atoms with van der Waals surface area (Å²) in [5.74, 6) is -4.23. The first-order valence-corrected chi connectivity index (χ1v) is 6.36. The summed E-state index contributed by atoms with van der Waals surface area (Å²) >= 11 is 0. The second kappa shape index (κ2) is 6.53. The van der Waals surface area contributed by atoms with Gasteiger partial charge in [0.05, 0.1) is 6.10 Å². The van der Waals surface area contributed by atoms with Gasteiger partial charge in [-0.1, -0.05) is 19.9 Å². The van der Waals surface area contributed by atoms with Gasteiger partial charge in [0.2, 0.25) is 5.88 Å². The van der Waals surface area contributed by atoms with Gasteiger partial charge in [-0.2, -0.15) is 26.3 Å². The molecule has 0 N–H and O–H groups in total. The minimum Gasteiger partial charge on any atom is -0.474 e. The number of ether oxygens (including phenoxy) is 1. The van der Waals surface area contributed by atoms with Crippen LogP contribution in [0.4, 0.5) is 26.3 Å². The standard InChI is InChI=1S/C13H15F6NO/c1-3-8(4-2)21-11-9(6-5-7-20-11)10(12(14,15)16)13(17,18)19/h5-8,10H,3-4H2,1-2H3. The van der Waals surface area contributed by atoms with Crippen LogP contribution in [0.5, 0.6) is 5.88 Å². The van der Waals surface area contributed by atoms with E-state index in [4.69, 9.17) is 4.74 Å². The number of pyridine rings is 1. The number of halogens is 6. The average molecular weight is 315 g/mol. The quantitative estimate of drug-likeness (QED) is 0.724. The van der Waals surface area contributed by atoms with Crippen molar-refractivity contribution >= 4 is 0 Å². The molecule has 0 amide bonds. The summed E-state index contributed by atoms with van der Waals surface area (Å²) in [5, 5.41) is 0. The number of alkyl halides is 6. The molecule has 0 aliphatic heterocycles. The molecule has 0 aromatic carbocycles. The molecule has 0 aliphatic rings. The van der Waals surface area contributed by atoms with Crippen LogP contribution in [0, 0.1) is 0 Å². The average Bonchev–Trinajstić information content (AvgIpc) is 2.34. The van der Waals surface area contributed by atoms with Gasteiger partial charge < -0.3 is 4.74 Å². The molecule has 0 spiro atoms. The van der Waals surface area contributed by atoms with Crippen molar-refractivity contribution in [1.29, 1.82) is 0 Å². The van der Waals surface area contributed by atoms with Crippen molar-refractivity contribution in [3.63, 3.8) is 0 Å². The van der Waals surface area contributed by atoms with Crippen molar-refractivity contribution in [1.82, 2.24) is 4.98 Å². The molecule has 1 rings (SSSR count). The summed E-state index contributed by atoms with van der Waals surface area (Å²) in [5.41, 5.74) is -1.01. The highest BCUT2D eigenvalue weighted by atomic mass is 19.4. The fourth-order valence-corrected chi connectivity index (χ4v) is 1.87. The monoisotopic (exact) mass is 315 g/mol. The summed E-state index contributed by atoms with van der Waals surface area (Å²) in [4.78, 5) is 3.54. The first kappa shape index (κ1) is 17.6. The lowest BCUT2D eigenvalue weighted by Gasteiger charge is -2.25. The molecule has 0 fully saturated rings. The molecule has 0 aliphatic carbocycles. The van der Waals surface area contributed by atoms with Gasteiger partial charge in [0.15, 0.2) is 5.92 Å². The van der Waals surface area contributed by atoms with Crippen LogP contribution in [-0.2, 0) is 0 Å². The van der Waals surface area contributed by atoms with E-state index in [0.717, 1.165) is 18.3 Å². The maximum absolute atomic E-state index is 12.8. The van der Waals surface area contributed by atoms with E-state index in [-0.39, 0.29) is 0 Å². The minimum atomic E-state index is -5.46. The molecule has 21 heavy (non-hydrogen) atoms. The third-order valence-electron chi connectivity index (χ3n) is 2.96. The predicted octanol–water partition coefficient (Wildman–Crippen LogP) is 4.86. The summed E-state index contributed by atoms with van der Waals surface area (Å²) in [6.45, 7) is 3.45. The highest BCUT2D eigenvalue weighted by molar-refractivity contribution is 5.32. The Morgan fingerprint density at radius 1 is 1.05 bits per heavy atom. The van der Waals surface area contributed by atoms with Gasteiger partial charge in [0.25, 0.3) is 0 Å². The van der Waals surface area contributed by atoms with Crippen LogP contribution >= 0.6 is 0 Å². The molecule has 0 atom stereocenters. The Bertz CT molecular complexity index is 439. The maximum Gasteiger partial charge on any atom is 0.404 e. The number of aromatic nitrogens is 1. The van der Waals surface area contributed by atoms with Gasteiger partial charge in [0, 0.05) is 11.8 Å². The van der Waals surface area contributed by atoms with Crippen molar-refractivity contribution in [3.05, 3.63) is 23.9 Å². The molecular weight excluding hydrogens is 300 g/mol. The Hall–Kier alpha value is -1.47. The van der Waals surface area contributed by atoms with Crippen molar-refractivity contribution in [3.8, 4) is 5.88 Å². The predicted molar refractivity (Wildman–Crippen MR) is 64.1 cm³/mol. The Morgan fingerprint density at radius 3 is 2.00 bits per heavy atom. The normalized spacial score (nSPS) is 13.0. The Kier molecular flexibility index (Phi) is 5.47. The SMILES string of the molecule is CCC(CC)Oc1ncccc1C(C(F)(F)F)C(F)(F)F. The smallest absolute Gasteiger partial charge is 0.404 e. The molecule has 8 heteroatoms. The lowest BCUT2D eigenvalue weighted by molar-refractivity contribution is -0.254. The molecule has 1 aromatic heterocycles. The van der Waals surface area contributed by atoms with Crippen LogP contribution in [0.25, 0.3) is 0 Å². The molecule has 0 bridgehead atoms. The topological polar surface area (TPSA) is 22.1 Å². The van der Waals surface area contributed by atoms with Crippen molar-refractivity contribution in [2.75, 3.05) is 0 Å². The Balaban J connectivity index is 3.27. The van der Waals surface area contributed by atoms with Crippen LogP contribution in [0.2, 0.25) is 0 Å². The maximum atomic E-state index is 12.8. The summed E-state index contributed by atoms with van der Waals surface area (Å²) in [6.07, 6.45) is -9.41. The van der Waals surface area contributed by atoms with Gasteiger partial charge in [-0.3, -0.25) is 0 Å². The van der Waals surface area contributed by atoms with Crippen LogP contribution in [0.1, 0.15) is 38.2 Å². The van der Waals surface area contributed by atoms with Gasteiger partial charge in [-0.05, 0) is 18.9 Å². The van der Waals surface area contributed by atoms with E-state index < -0.39 is 35.8 Å². The van der Waals surface area contributed by atoms with E-state index in [0.29, 0.717) is 12.8 Å². The van der Waals surface area contributed by atoms with Crippen LogP contribution < -0.4 is 4.74 Å². The van der Waals surface area contributed by atoms with E-state index in [9.17, 15) is 26.3 Å². The van der Waals surface area contributed by atoms with Crippen molar-refractivity contribution in [2.45, 2.75) is 51.1 Å². The number of rotatable bonds is 5. The third-order valence-corrected chi connectivity index (χ3v) is 2.96. The van der Waals surface area contributed by atoms with Crippen LogP contribution in [0.15, 0.2) is 18.3 Å². The van der Waals surface area contributed by atoms with Gasteiger partial charge in [0.1, 0.15) is 0 Å². The van der Waals surface area contributed by atoms with E-state index >= 15 is 0 Å². The summed E-state index contributed by atoms with van der Waals surface area (Å²) < 4.78 is 81.9. The van der Waals surface area contributed by atoms with E-state index in [1.165, 1.54) is 0 Å². The minimum absolute atomic E-state index is 0.454. The zero-order valence-corrected chi connectivity index (χ0v) is 11.4. The molecule has 1 heterocycles. The highest BCUT2D eigenvalue weighted by Crippen LogP contribution is 2.48. The highest BCUT2D eigenvalue weighted by Gasteiger charge is 2.58. The lowest BCUT2D eigenvalue weighted by Crippen LogP contribution is -2.35. The van der Waals surface area contributed by atoms with Crippen LogP contribution in [-0.4, -0.2) is 23.4 Å². The van der Waals surface area contributed by atoms with Gasteiger partial charge >= 0.3 is 12.4 Å². The number of nitrogens with zero attached hydrogens (tertiary/aromatic N) is 1. The molecule has 0 radical (unpaired) electrons. The summed E-state index contributed by atoms with van der Waals surface area (Å²) in [6, 6.07) is 1.77. The largest absolute Gasteiger partial charge is 0.474 e. The van der Waals surface area contributed by atoms with Crippen molar-refractivity contribution in [2.24, 2.45) is 0 Å². The molecule has 2 nitrogen and oxygen atoms in total. The van der Waals surface area contributed by atoms with Gasteiger partial charge in [-0.25, -0.2) is 4.98 Å². The molecule has 0 saturated carbocycles. The fourth-order valence-electron chi connectivity index (χ4n) is 1.87. The molecule has 0 saturated heterocycles. The Morgan fingerprint density at radius 2 is 1.57 bits per heavy atom. The first-order chi connectivity index (χ1) is 9.61. The molecule has 120 valence electrons. The second-order valence-corrected chi connectivity index (χ2v) is 4.47.